The Morgan fingerprint density at radius 2 is 2.17 bits per heavy atom. The minimum Gasteiger partial charge on any atom is -0.299 e. The van der Waals surface area contributed by atoms with Crippen molar-refractivity contribution < 1.29 is 4.79 Å². The van der Waals surface area contributed by atoms with E-state index in [2.05, 4.69) is 20.4 Å². The van der Waals surface area contributed by atoms with E-state index in [4.69, 9.17) is 0 Å². The monoisotopic (exact) mass is 166 g/mol. The molecule has 1 saturated carbocycles. The largest absolute Gasteiger partial charge is 0.299 e. The maximum atomic E-state index is 11.5. The van der Waals surface area contributed by atoms with Gasteiger partial charge in [0.2, 0.25) is 0 Å². The summed E-state index contributed by atoms with van der Waals surface area (Å²) in [6.07, 6.45) is 3.73. The molecule has 0 saturated heterocycles. The lowest BCUT2D eigenvalue weighted by Gasteiger charge is -2.41. The number of rotatable bonds is 1. The van der Waals surface area contributed by atoms with Gasteiger partial charge in [-0.05, 0) is 17.8 Å². The van der Waals surface area contributed by atoms with Gasteiger partial charge in [0.25, 0.3) is 0 Å². The third-order valence-corrected chi connectivity index (χ3v) is 3.74. The molecule has 1 nitrogen and oxygen atoms in total. The Balaban J connectivity index is 2.92. The second kappa shape index (κ2) is 3.04. The van der Waals surface area contributed by atoms with Gasteiger partial charge in [0.05, 0.1) is 0 Å². The highest BCUT2D eigenvalue weighted by Crippen LogP contribution is 2.43. The molecular formula is C11H18O. The van der Waals surface area contributed by atoms with Gasteiger partial charge in [0.1, 0.15) is 5.78 Å². The van der Waals surface area contributed by atoms with Gasteiger partial charge in [-0.3, -0.25) is 4.79 Å². The van der Waals surface area contributed by atoms with E-state index in [1.807, 2.05) is 13.0 Å². The molecule has 1 heteroatoms. The fourth-order valence-corrected chi connectivity index (χ4v) is 2.04. The molecule has 0 aromatic carbocycles. The van der Waals surface area contributed by atoms with Gasteiger partial charge in [-0.2, -0.15) is 0 Å². The zero-order valence-electron chi connectivity index (χ0n) is 8.26. The fourth-order valence-electron chi connectivity index (χ4n) is 2.04. The quantitative estimate of drug-likeness (QED) is 0.547. The van der Waals surface area contributed by atoms with Crippen molar-refractivity contribution in [3.8, 4) is 0 Å². The van der Waals surface area contributed by atoms with Crippen LogP contribution in [0.1, 0.15) is 33.6 Å². The third kappa shape index (κ3) is 1.21. The molecule has 0 bridgehead atoms. The summed E-state index contributed by atoms with van der Waals surface area (Å²) in [6.45, 7) is 10.2. The van der Waals surface area contributed by atoms with Gasteiger partial charge in [0, 0.05) is 12.3 Å². The minimum atomic E-state index is 0.0231. The zero-order valence-corrected chi connectivity index (χ0v) is 8.26. The summed E-state index contributed by atoms with van der Waals surface area (Å²) in [6, 6.07) is 0. The topological polar surface area (TPSA) is 17.1 Å². The first-order valence-electron chi connectivity index (χ1n) is 4.68. The smallest absolute Gasteiger partial charge is 0.136 e. The van der Waals surface area contributed by atoms with Gasteiger partial charge in [0.15, 0.2) is 0 Å². The standard InChI is InChI=1S/C11H18O/c1-5-11(4)8(2)6-7-10(12)9(11)3/h5,8-9H,1,6-7H2,2-4H3. The van der Waals surface area contributed by atoms with Crippen LogP contribution in [0.25, 0.3) is 0 Å². The maximum Gasteiger partial charge on any atom is 0.136 e. The van der Waals surface area contributed by atoms with Crippen molar-refractivity contribution in [2.75, 3.05) is 0 Å². The molecule has 0 spiro atoms. The number of carbonyl (C=O) groups is 1. The lowest BCUT2D eigenvalue weighted by atomic mass is 9.62. The molecule has 0 aromatic rings. The molecule has 0 heterocycles. The molecule has 0 amide bonds. The molecule has 0 radical (unpaired) electrons. The van der Waals surface area contributed by atoms with Crippen LogP contribution < -0.4 is 0 Å². The van der Waals surface area contributed by atoms with Crippen molar-refractivity contribution >= 4 is 5.78 Å². The molecule has 1 aliphatic rings. The lowest BCUT2D eigenvalue weighted by Crippen LogP contribution is -2.39. The predicted molar refractivity (Wildman–Crippen MR) is 50.9 cm³/mol. The molecular weight excluding hydrogens is 148 g/mol. The van der Waals surface area contributed by atoms with E-state index < -0.39 is 0 Å². The fraction of sp³-hybridized carbons (Fsp3) is 0.727. The number of carbonyl (C=O) groups excluding carboxylic acids is 1. The average Bonchev–Trinajstić information content (AvgIpc) is 2.08. The number of hydrogen-bond acceptors (Lipinski definition) is 1. The molecule has 0 N–H and O–H groups in total. The van der Waals surface area contributed by atoms with E-state index >= 15 is 0 Å². The van der Waals surface area contributed by atoms with Crippen LogP contribution >= 0.6 is 0 Å². The highest BCUT2D eigenvalue weighted by molar-refractivity contribution is 5.82. The first-order valence-corrected chi connectivity index (χ1v) is 4.68. The maximum absolute atomic E-state index is 11.5. The number of ketones is 1. The van der Waals surface area contributed by atoms with Crippen molar-refractivity contribution in [3.63, 3.8) is 0 Å². The Morgan fingerprint density at radius 1 is 1.58 bits per heavy atom. The predicted octanol–water partition coefficient (Wildman–Crippen LogP) is 2.81. The van der Waals surface area contributed by atoms with Crippen LogP contribution in [0.3, 0.4) is 0 Å². The number of hydrogen-bond donors (Lipinski definition) is 0. The van der Waals surface area contributed by atoms with E-state index in [1.165, 1.54) is 0 Å². The van der Waals surface area contributed by atoms with E-state index in [0.717, 1.165) is 12.8 Å². The Morgan fingerprint density at radius 3 is 2.58 bits per heavy atom. The van der Waals surface area contributed by atoms with Crippen LogP contribution in [0, 0.1) is 17.3 Å². The molecule has 0 aliphatic heterocycles. The van der Waals surface area contributed by atoms with E-state index in [-0.39, 0.29) is 11.3 Å². The molecule has 1 fully saturated rings. The lowest BCUT2D eigenvalue weighted by molar-refractivity contribution is -0.129. The summed E-state index contributed by atoms with van der Waals surface area (Å²) in [5.74, 6) is 1.14. The Kier molecular flexibility index (Phi) is 2.41. The SMILES string of the molecule is C=CC1(C)C(C)CCC(=O)C1C. The van der Waals surface area contributed by atoms with E-state index in [1.54, 1.807) is 0 Å². The average molecular weight is 166 g/mol. The summed E-state index contributed by atoms with van der Waals surface area (Å²) >= 11 is 0. The molecule has 1 aliphatic carbocycles. The Hall–Kier alpha value is -0.590. The van der Waals surface area contributed by atoms with Crippen LogP contribution in [0.2, 0.25) is 0 Å². The summed E-state index contributed by atoms with van der Waals surface area (Å²) in [4.78, 5) is 11.5. The highest BCUT2D eigenvalue weighted by Gasteiger charge is 2.41. The van der Waals surface area contributed by atoms with Gasteiger partial charge in [-0.1, -0.05) is 26.8 Å². The highest BCUT2D eigenvalue weighted by atomic mass is 16.1. The molecule has 3 atom stereocenters. The first kappa shape index (κ1) is 9.50. The van der Waals surface area contributed by atoms with Crippen molar-refractivity contribution in [3.05, 3.63) is 12.7 Å². The molecule has 1 rings (SSSR count). The Bertz CT molecular complexity index is 207. The molecule has 3 unspecified atom stereocenters. The summed E-state index contributed by atoms with van der Waals surface area (Å²) in [5.41, 5.74) is 0.0231. The van der Waals surface area contributed by atoms with Crippen molar-refractivity contribution in [2.24, 2.45) is 17.3 Å². The van der Waals surface area contributed by atoms with Crippen molar-refractivity contribution in [1.82, 2.24) is 0 Å². The van der Waals surface area contributed by atoms with Gasteiger partial charge < -0.3 is 0 Å². The molecule has 12 heavy (non-hydrogen) atoms. The van der Waals surface area contributed by atoms with Crippen LogP contribution in [0.15, 0.2) is 12.7 Å². The summed E-state index contributed by atoms with van der Waals surface area (Å²) in [5, 5.41) is 0. The van der Waals surface area contributed by atoms with Crippen LogP contribution in [-0.4, -0.2) is 5.78 Å². The van der Waals surface area contributed by atoms with Crippen LogP contribution in [0.5, 0.6) is 0 Å². The van der Waals surface area contributed by atoms with Crippen LogP contribution in [0.4, 0.5) is 0 Å². The summed E-state index contributed by atoms with van der Waals surface area (Å²) < 4.78 is 0. The first-order chi connectivity index (χ1) is 5.52. The van der Waals surface area contributed by atoms with E-state index in [9.17, 15) is 4.79 Å². The van der Waals surface area contributed by atoms with Gasteiger partial charge >= 0.3 is 0 Å². The third-order valence-electron chi connectivity index (χ3n) is 3.74. The number of allylic oxidation sites excluding steroid dienone is 1. The molecule has 0 aromatic heterocycles. The Labute approximate surface area is 74.9 Å². The van der Waals surface area contributed by atoms with E-state index in [0.29, 0.717) is 11.7 Å². The minimum absolute atomic E-state index is 0.0231. The second-order valence-corrected chi connectivity index (χ2v) is 4.20. The normalized spacial score (nSPS) is 42.8. The van der Waals surface area contributed by atoms with Gasteiger partial charge in [-0.25, -0.2) is 0 Å². The zero-order chi connectivity index (χ0) is 9.35. The molecule has 68 valence electrons. The van der Waals surface area contributed by atoms with Crippen LogP contribution in [-0.2, 0) is 4.79 Å². The number of Topliss-reactive ketones (excluding diaryl/α,β-unsaturated/α-hetero) is 1. The van der Waals surface area contributed by atoms with Crippen molar-refractivity contribution in [1.29, 1.82) is 0 Å². The summed E-state index contributed by atoms with van der Waals surface area (Å²) in [7, 11) is 0. The second-order valence-electron chi connectivity index (χ2n) is 4.20. The van der Waals surface area contributed by atoms with Crippen molar-refractivity contribution in [2.45, 2.75) is 33.6 Å². The van der Waals surface area contributed by atoms with Gasteiger partial charge in [-0.15, -0.1) is 6.58 Å².